The Morgan fingerprint density at radius 3 is 2.84 bits per heavy atom. The predicted molar refractivity (Wildman–Crippen MR) is 122 cm³/mol. The summed E-state index contributed by atoms with van der Waals surface area (Å²) in [4.78, 5) is 19.2. The van der Waals surface area contributed by atoms with Crippen molar-refractivity contribution in [2.45, 2.75) is 30.6 Å². The molecule has 1 aliphatic heterocycles. The highest BCUT2D eigenvalue weighted by Crippen LogP contribution is 2.38. The van der Waals surface area contributed by atoms with E-state index in [9.17, 15) is 0 Å². The van der Waals surface area contributed by atoms with Crippen LogP contribution >= 0.6 is 23.1 Å². The number of hydrogen-bond donors (Lipinski definition) is 1. The highest BCUT2D eigenvalue weighted by atomic mass is 32.2. The topological polar surface area (TPSA) is 84.2 Å². The van der Waals surface area contributed by atoms with Gasteiger partial charge >= 0.3 is 0 Å². The number of aryl methyl sites for hydroxylation is 2. The summed E-state index contributed by atoms with van der Waals surface area (Å²) in [6.07, 6.45) is 0. The van der Waals surface area contributed by atoms with Gasteiger partial charge in [0.2, 0.25) is 10.9 Å². The third-order valence-corrected chi connectivity index (χ3v) is 7.75. The van der Waals surface area contributed by atoms with E-state index >= 15 is 0 Å². The van der Waals surface area contributed by atoms with Crippen LogP contribution in [0.1, 0.15) is 16.3 Å². The lowest BCUT2D eigenvalue weighted by Gasteiger charge is -2.25. The van der Waals surface area contributed by atoms with Crippen molar-refractivity contribution in [1.29, 1.82) is 0 Å². The summed E-state index contributed by atoms with van der Waals surface area (Å²) >= 11 is 3.30. The predicted octanol–water partition coefficient (Wildman–Crippen LogP) is 3.82. The zero-order chi connectivity index (χ0) is 20.9. The average molecular weight is 452 g/mol. The first-order valence-electron chi connectivity index (χ1n) is 10.2. The van der Waals surface area contributed by atoms with Crippen molar-refractivity contribution in [2.24, 2.45) is 0 Å². The van der Waals surface area contributed by atoms with Crippen LogP contribution in [0.2, 0.25) is 0 Å². The van der Waals surface area contributed by atoms with Crippen molar-refractivity contribution >= 4 is 50.1 Å². The van der Waals surface area contributed by atoms with Gasteiger partial charge in [-0.15, -0.1) is 16.4 Å². The Morgan fingerprint density at radius 1 is 1.13 bits per heavy atom. The number of imidazole rings is 1. The molecule has 0 aliphatic carbocycles. The van der Waals surface area contributed by atoms with Crippen LogP contribution in [0.4, 0.5) is 0 Å². The quantitative estimate of drug-likeness (QED) is 0.416. The lowest BCUT2D eigenvalue weighted by Crippen LogP contribution is -2.36. The molecule has 0 saturated carbocycles. The molecule has 5 aromatic rings. The van der Waals surface area contributed by atoms with Gasteiger partial charge < -0.3 is 4.74 Å². The zero-order valence-electron chi connectivity index (χ0n) is 17.3. The standard InChI is InChI=1S/C21H21N7OS2/c1-12-13(2)30-18-17(12)19(24-16(23-18)11-27-7-9-29-10-8-27)31-21-26-25-20-22-14-5-3-4-6-15(14)28(20)21/h3-6H,7-11H2,1-2H3,(H,22,25). The van der Waals surface area contributed by atoms with Gasteiger partial charge in [-0.05, 0) is 43.3 Å². The highest BCUT2D eigenvalue weighted by molar-refractivity contribution is 7.99. The molecule has 1 fully saturated rings. The molecule has 1 aromatic carbocycles. The number of nitrogens with one attached hydrogen (secondary N) is 1. The van der Waals surface area contributed by atoms with Crippen LogP contribution in [0.25, 0.3) is 27.0 Å². The first-order chi connectivity index (χ1) is 15.2. The molecule has 8 nitrogen and oxygen atoms in total. The lowest BCUT2D eigenvalue weighted by atomic mass is 10.2. The van der Waals surface area contributed by atoms with Crippen LogP contribution in [-0.4, -0.2) is 60.8 Å². The summed E-state index contributed by atoms with van der Waals surface area (Å²) in [5.74, 6) is 1.58. The summed E-state index contributed by atoms with van der Waals surface area (Å²) in [5, 5.41) is 10.5. The van der Waals surface area contributed by atoms with E-state index in [0.29, 0.717) is 0 Å². The molecule has 158 valence electrons. The Morgan fingerprint density at radius 2 is 1.97 bits per heavy atom. The molecule has 0 unspecified atom stereocenters. The Kier molecular flexibility index (Phi) is 4.67. The molecule has 10 heteroatoms. The average Bonchev–Trinajstić information content (AvgIpc) is 3.42. The van der Waals surface area contributed by atoms with Crippen LogP contribution in [-0.2, 0) is 11.3 Å². The third-order valence-electron chi connectivity index (χ3n) is 5.70. The Bertz CT molecular complexity index is 1410. The van der Waals surface area contributed by atoms with Gasteiger partial charge in [-0.3, -0.25) is 9.30 Å². The van der Waals surface area contributed by atoms with Crippen molar-refractivity contribution in [3.05, 3.63) is 40.5 Å². The van der Waals surface area contributed by atoms with Gasteiger partial charge in [0.15, 0.2) is 0 Å². The summed E-state index contributed by atoms with van der Waals surface area (Å²) in [6.45, 7) is 8.37. The van der Waals surface area contributed by atoms with E-state index in [2.05, 4.69) is 44.4 Å². The van der Waals surface area contributed by atoms with Crippen molar-refractivity contribution in [2.75, 3.05) is 26.3 Å². The summed E-state index contributed by atoms with van der Waals surface area (Å²) in [7, 11) is 0. The summed E-state index contributed by atoms with van der Waals surface area (Å²) < 4.78 is 7.54. The maximum Gasteiger partial charge on any atom is 0.231 e. The molecule has 0 amide bonds. The van der Waals surface area contributed by atoms with Crippen molar-refractivity contribution < 1.29 is 4.74 Å². The molecule has 0 radical (unpaired) electrons. The Hall–Kier alpha value is -2.53. The summed E-state index contributed by atoms with van der Waals surface area (Å²) in [5.41, 5.74) is 3.22. The van der Waals surface area contributed by atoms with Crippen LogP contribution in [0.3, 0.4) is 0 Å². The number of aromatic amines is 1. The van der Waals surface area contributed by atoms with Gasteiger partial charge in [-0.25, -0.2) is 20.1 Å². The molecular weight excluding hydrogens is 430 g/mol. The number of thiophene rings is 1. The number of rotatable bonds is 4. The molecule has 0 spiro atoms. The van der Waals surface area contributed by atoms with E-state index in [1.807, 2.05) is 18.2 Å². The molecular formula is C21H21N7OS2. The fraction of sp³-hybridized carbons (Fsp3) is 0.333. The minimum Gasteiger partial charge on any atom is -0.379 e. The van der Waals surface area contributed by atoms with Gasteiger partial charge in [0.25, 0.3) is 0 Å². The van der Waals surface area contributed by atoms with Crippen LogP contribution in [0.5, 0.6) is 0 Å². The molecule has 6 rings (SSSR count). The number of H-pyrrole nitrogens is 1. The number of ether oxygens (including phenoxy) is 1. The largest absolute Gasteiger partial charge is 0.379 e. The van der Waals surface area contributed by atoms with Gasteiger partial charge in [0, 0.05) is 23.4 Å². The van der Waals surface area contributed by atoms with Gasteiger partial charge in [-0.1, -0.05) is 12.1 Å². The number of morpholine rings is 1. The van der Waals surface area contributed by atoms with E-state index in [0.717, 1.165) is 75.9 Å². The first kappa shape index (κ1) is 19.2. The summed E-state index contributed by atoms with van der Waals surface area (Å²) in [6, 6.07) is 8.10. The number of fused-ring (bicyclic) bond motifs is 4. The van der Waals surface area contributed by atoms with E-state index < -0.39 is 0 Å². The molecule has 0 bridgehead atoms. The maximum absolute atomic E-state index is 5.48. The molecule has 1 N–H and O–H groups in total. The van der Waals surface area contributed by atoms with Gasteiger partial charge in [0.1, 0.15) is 15.7 Å². The monoisotopic (exact) mass is 451 g/mol. The fourth-order valence-corrected chi connectivity index (χ4v) is 6.11. The van der Waals surface area contributed by atoms with E-state index in [4.69, 9.17) is 14.7 Å². The minimum absolute atomic E-state index is 0.729. The molecule has 4 aromatic heterocycles. The lowest BCUT2D eigenvalue weighted by molar-refractivity contribution is 0.0330. The number of aromatic nitrogens is 6. The molecule has 0 atom stereocenters. The third kappa shape index (κ3) is 3.30. The molecule has 5 heterocycles. The fourth-order valence-electron chi connectivity index (χ4n) is 3.96. The van der Waals surface area contributed by atoms with Crippen molar-refractivity contribution in [3.8, 4) is 0 Å². The highest BCUT2D eigenvalue weighted by Gasteiger charge is 2.21. The number of nitrogens with zero attached hydrogens (tertiary/aromatic N) is 6. The molecule has 31 heavy (non-hydrogen) atoms. The SMILES string of the molecule is Cc1sc2nc(CN3CCOCC3)nc(Sc3n[nH]c4nc5ccccc5n34)c2c1C. The molecule has 1 saturated heterocycles. The van der Waals surface area contributed by atoms with E-state index in [1.54, 1.807) is 23.1 Å². The number of benzene rings is 1. The minimum atomic E-state index is 0.729. The Labute approximate surface area is 186 Å². The Balaban J connectivity index is 1.46. The maximum atomic E-state index is 5.48. The van der Waals surface area contributed by atoms with Crippen LogP contribution in [0.15, 0.2) is 34.4 Å². The smallest absolute Gasteiger partial charge is 0.231 e. The van der Waals surface area contributed by atoms with E-state index in [1.165, 1.54) is 10.4 Å². The van der Waals surface area contributed by atoms with Crippen molar-refractivity contribution in [3.63, 3.8) is 0 Å². The zero-order valence-corrected chi connectivity index (χ0v) is 18.9. The van der Waals surface area contributed by atoms with E-state index in [-0.39, 0.29) is 0 Å². The second-order valence-corrected chi connectivity index (χ2v) is 9.82. The second-order valence-electron chi connectivity index (χ2n) is 7.66. The normalized spacial score (nSPS) is 15.5. The van der Waals surface area contributed by atoms with Crippen molar-refractivity contribution in [1.82, 2.24) is 34.4 Å². The number of para-hydroxylation sites is 2. The molecule has 1 aliphatic rings. The van der Waals surface area contributed by atoms with Crippen LogP contribution in [0, 0.1) is 13.8 Å². The van der Waals surface area contributed by atoms with Gasteiger partial charge in [0.05, 0.1) is 30.8 Å². The second kappa shape index (κ2) is 7.56. The van der Waals surface area contributed by atoms with Gasteiger partial charge in [-0.2, -0.15) is 0 Å². The number of hydrogen-bond acceptors (Lipinski definition) is 8. The first-order valence-corrected chi connectivity index (χ1v) is 11.9. The van der Waals surface area contributed by atoms with Crippen LogP contribution < -0.4 is 0 Å².